The van der Waals surface area contributed by atoms with Crippen LogP contribution in [-0.4, -0.2) is 36.1 Å². The summed E-state index contributed by atoms with van der Waals surface area (Å²) >= 11 is 0. The molecule has 2 N–H and O–H groups in total. The Bertz CT molecular complexity index is 674. The van der Waals surface area contributed by atoms with Gasteiger partial charge in [-0.05, 0) is 19.9 Å². The van der Waals surface area contributed by atoms with Crippen molar-refractivity contribution in [3.63, 3.8) is 0 Å². The molecule has 0 aromatic heterocycles. The number of nitrogens with zero attached hydrogens (tertiary/aromatic N) is 2. The summed E-state index contributed by atoms with van der Waals surface area (Å²) in [5.41, 5.74) is 4.16. The molecular formula is C11H14FN3O5S. The van der Waals surface area contributed by atoms with E-state index < -0.39 is 49.8 Å². The molecule has 0 fully saturated rings. The number of hydrogen-bond donors (Lipinski definition) is 1. The van der Waals surface area contributed by atoms with Crippen LogP contribution in [-0.2, 0) is 14.8 Å². The number of nitro benzene ring substituents is 1. The third-order valence-corrected chi connectivity index (χ3v) is 4.63. The first-order valence-corrected chi connectivity index (χ1v) is 7.25. The first-order chi connectivity index (χ1) is 9.57. The fourth-order valence-electron chi connectivity index (χ4n) is 1.63. The third-order valence-electron chi connectivity index (χ3n) is 2.61. The molecule has 0 saturated heterocycles. The highest BCUT2D eigenvalue weighted by atomic mass is 32.2. The minimum atomic E-state index is -4.19. The van der Waals surface area contributed by atoms with Crippen LogP contribution < -0.4 is 5.73 Å². The van der Waals surface area contributed by atoms with E-state index in [1.165, 1.54) is 13.8 Å². The number of hydrogen-bond acceptors (Lipinski definition) is 5. The molecule has 0 radical (unpaired) electrons. The van der Waals surface area contributed by atoms with E-state index in [1.807, 2.05) is 0 Å². The molecule has 0 bridgehead atoms. The van der Waals surface area contributed by atoms with Crippen molar-refractivity contribution in [2.24, 2.45) is 5.73 Å². The number of carbonyl (C=O) groups excluding carboxylic acids is 1. The smallest absolute Gasteiger partial charge is 0.304 e. The molecule has 0 aliphatic rings. The van der Waals surface area contributed by atoms with Crippen molar-refractivity contribution < 1.29 is 22.5 Å². The zero-order valence-corrected chi connectivity index (χ0v) is 12.1. The number of primary amides is 1. The first-order valence-electron chi connectivity index (χ1n) is 5.81. The lowest BCUT2D eigenvalue weighted by Crippen LogP contribution is -2.42. The second kappa shape index (κ2) is 6.14. The minimum Gasteiger partial charge on any atom is -0.369 e. The Hall–Kier alpha value is -2.07. The van der Waals surface area contributed by atoms with Crippen LogP contribution in [0.25, 0.3) is 0 Å². The average molecular weight is 319 g/mol. The van der Waals surface area contributed by atoms with Gasteiger partial charge in [0.25, 0.3) is 0 Å². The van der Waals surface area contributed by atoms with Crippen molar-refractivity contribution in [1.29, 1.82) is 0 Å². The van der Waals surface area contributed by atoms with Crippen LogP contribution in [0.15, 0.2) is 23.1 Å². The first kappa shape index (κ1) is 17.0. The molecule has 0 aliphatic carbocycles. The predicted octanol–water partition coefficient (Wildman–Crippen LogP) is 0.618. The monoisotopic (exact) mass is 319 g/mol. The van der Waals surface area contributed by atoms with Crippen LogP contribution in [0.5, 0.6) is 0 Å². The molecule has 1 aromatic rings. The summed E-state index contributed by atoms with van der Waals surface area (Å²) < 4.78 is 39.0. The summed E-state index contributed by atoms with van der Waals surface area (Å²) in [7, 11) is -4.19. The summed E-state index contributed by atoms with van der Waals surface area (Å²) in [5.74, 6) is -2.14. The summed E-state index contributed by atoms with van der Waals surface area (Å²) in [5, 5.41) is 10.5. The molecule has 0 spiro atoms. The quantitative estimate of drug-likeness (QED) is 0.608. The van der Waals surface area contributed by atoms with Crippen LogP contribution in [0.4, 0.5) is 10.1 Å². The van der Waals surface area contributed by atoms with E-state index in [2.05, 4.69) is 0 Å². The van der Waals surface area contributed by atoms with Gasteiger partial charge >= 0.3 is 5.69 Å². The van der Waals surface area contributed by atoms with Gasteiger partial charge in [0, 0.05) is 18.2 Å². The number of halogens is 1. The summed E-state index contributed by atoms with van der Waals surface area (Å²) in [6.07, 6.45) is 0. The number of carbonyl (C=O) groups is 1. The van der Waals surface area contributed by atoms with E-state index in [9.17, 15) is 27.7 Å². The normalized spacial score (nSPS) is 11.9. The predicted molar refractivity (Wildman–Crippen MR) is 71.3 cm³/mol. The van der Waals surface area contributed by atoms with Crippen LogP contribution in [0.1, 0.15) is 13.8 Å². The molecule has 0 heterocycles. The van der Waals surface area contributed by atoms with Gasteiger partial charge in [-0.2, -0.15) is 8.70 Å². The fourth-order valence-corrected chi connectivity index (χ4v) is 3.25. The van der Waals surface area contributed by atoms with Gasteiger partial charge in [-0.15, -0.1) is 0 Å². The van der Waals surface area contributed by atoms with Gasteiger partial charge in [0.15, 0.2) is 0 Å². The van der Waals surface area contributed by atoms with Gasteiger partial charge in [0.05, 0.1) is 16.4 Å². The van der Waals surface area contributed by atoms with Crippen LogP contribution in [0, 0.1) is 15.9 Å². The fraction of sp³-hybridized carbons (Fsp3) is 0.364. The van der Waals surface area contributed by atoms with E-state index in [1.54, 1.807) is 0 Å². The molecule has 21 heavy (non-hydrogen) atoms. The summed E-state index contributed by atoms with van der Waals surface area (Å²) in [6, 6.07) is 1.61. The van der Waals surface area contributed by atoms with E-state index in [0.29, 0.717) is 6.07 Å². The molecular weight excluding hydrogens is 305 g/mol. The zero-order valence-electron chi connectivity index (χ0n) is 11.3. The number of nitrogens with two attached hydrogens (primary N) is 1. The van der Waals surface area contributed by atoms with E-state index in [0.717, 1.165) is 16.4 Å². The molecule has 1 rings (SSSR count). The van der Waals surface area contributed by atoms with Crippen LogP contribution in [0.2, 0.25) is 0 Å². The van der Waals surface area contributed by atoms with E-state index in [-0.39, 0.29) is 0 Å². The molecule has 116 valence electrons. The molecule has 0 atom stereocenters. The Morgan fingerprint density at radius 3 is 2.43 bits per heavy atom. The van der Waals surface area contributed by atoms with Crippen LogP contribution >= 0.6 is 0 Å². The Kier molecular flexibility index (Phi) is 4.97. The second-order valence-corrected chi connectivity index (χ2v) is 6.37. The minimum absolute atomic E-state index is 0.486. The van der Waals surface area contributed by atoms with Crippen molar-refractivity contribution in [2.75, 3.05) is 6.54 Å². The zero-order chi connectivity index (χ0) is 16.4. The van der Waals surface area contributed by atoms with Gasteiger partial charge in [0.1, 0.15) is 0 Å². The molecule has 8 nitrogen and oxygen atoms in total. The van der Waals surface area contributed by atoms with E-state index in [4.69, 9.17) is 5.73 Å². The van der Waals surface area contributed by atoms with Crippen LogP contribution in [0.3, 0.4) is 0 Å². The highest BCUT2D eigenvalue weighted by Gasteiger charge is 2.30. The van der Waals surface area contributed by atoms with Gasteiger partial charge in [-0.3, -0.25) is 14.9 Å². The number of nitro groups is 1. The van der Waals surface area contributed by atoms with Crippen molar-refractivity contribution in [2.45, 2.75) is 24.8 Å². The summed E-state index contributed by atoms with van der Waals surface area (Å²) in [4.78, 5) is 20.0. The number of rotatable bonds is 6. The maximum absolute atomic E-state index is 13.5. The number of amides is 1. The molecule has 0 saturated carbocycles. The lowest BCUT2D eigenvalue weighted by molar-refractivity contribution is -0.387. The number of benzene rings is 1. The van der Waals surface area contributed by atoms with Gasteiger partial charge in [0.2, 0.25) is 21.7 Å². The van der Waals surface area contributed by atoms with E-state index >= 15 is 0 Å². The largest absolute Gasteiger partial charge is 0.369 e. The topological polar surface area (TPSA) is 124 Å². The van der Waals surface area contributed by atoms with Gasteiger partial charge in [-0.25, -0.2) is 8.42 Å². The van der Waals surface area contributed by atoms with Crippen molar-refractivity contribution in [3.8, 4) is 0 Å². The Morgan fingerprint density at radius 2 is 2.05 bits per heavy atom. The molecule has 1 aromatic carbocycles. The number of sulfonamides is 1. The Morgan fingerprint density at radius 1 is 1.48 bits per heavy atom. The highest BCUT2D eigenvalue weighted by molar-refractivity contribution is 7.89. The van der Waals surface area contributed by atoms with Crippen molar-refractivity contribution >= 4 is 21.6 Å². The highest BCUT2D eigenvalue weighted by Crippen LogP contribution is 2.24. The van der Waals surface area contributed by atoms with Crippen molar-refractivity contribution in [3.05, 3.63) is 34.1 Å². The lowest BCUT2D eigenvalue weighted by Gasteiger charge is -2.24. The Labute approximate surface area is 120 Å². The van der Waals surface area contributed by atoms with Crippen molar-refractivity contribution in [1.82, 2.24) is 4.31 Å². The second-order valence-electron chi connectivity index (χ2n) is 4.48. The Balaban J connectivity index is 3.32. The maximum Gasteiger partial charge on any atom is 0.304 e. The lowest BCUT2D eigenvalue weighted by atomic mass is 10.3. The molecule has 0 unspecified atom stereocenters. The summed E-state index contributed by atoms with van der Waals surface area (Å²) in [6.45, 7) is 2.46. The standard InChI is InChI=1S/C11H14FN3O5S/c1-7(2)14(6-11(13)16)21(19,20)8-3-4-10(15(17)18)9(12)5-8/h3-5,7H,6H2,1-2H3,(H2,13,16). The average Bonchev–Trinajstić information content (AvgIpc) is 2.34. The van der Waals surface area contributed by atoms with Gasteiger partial charge < -0.3 is 5.73 Å². The van der Waals surface area contributed by atoms with Gasteiger partial charge in [-0.1, -0.05) is 0 Å². The molecule has 10 heteroatoms. The molecule has 1 amide bonds. The maximum atomic E-state index is 13.5. The SMILES string of the molecule is CC(C)N(CC(N)=O)S(=O)(=O)c1ccc([N+](=O)[O-])c(F)c1. The molecule has 0 aliphatic heterocycles. The third kappa shape index (κ3) is 3.73.